The number of anilines is 1. The predicted octanol–water partition coefficient (Wildman–Crippen LogP) is 5.24. The van der Waals surface area contributed by atoms with E-state index in [1.807, 2.05) is 72.8 Å². The predicted molar refractivity (Wildman–Crippen MR) is 158 cm³/mol. The molecule has 1 saturated heterocycles. The fourth-order valence-electron chi connectivity index (χ4n) is 6.17. The standard InChI is InChI=1S/C33H37N3O6/c37-20-30-32-28(27-16-23(12-15-29(27)42-32)36-33(39)35-22-6-4-5-7-22)17-26(41-30)18-31(38)34-19-21-10-13-25(14-11-21)40-24-8-2-1-3-9-24/h1-3,8-16,22,26,28,30,32,37H,4-7,17-20H2,(H,34,38)(H2,35,36,39)/t26-,28-,30+,32+/m0/s1. The number of urea groups is 1. The van der Waals surface area contributed by atoms with Gasteiger partial charge in [-0.1, -0.05) is 43.2 Å². The quantitative estimate of drug-likeness (QED) is 0.279. The largest absolute Gasteiger partial charge is 0.487 e. The maximum Gasteiger partial charge on any atom is 0.319 e. The van der Waals surface area contributed by atoms with Crippen molar-refractivity contribution in [1.82, 2.24) is 10.6 Å². The topological polar surface area (TPSA) is 118 Å². The minimum absolute atomic E-state index is 0.0551. The molecule has 4 atom stereocenters. The average molecular weight is 572 g/mol. The van der Waals surface area contributed by atoms with Crippen molar-refractivity contribution in [2.75, 3.05) is 11.9 Å². The first-order valence-corrected chi connectivity index (χ1v) is 14.8. The van der Waals surface area contributed by atoms with Gasteiger partial charge in [0.05, 0.1) is 19.1 Å². The van der Waals surface area contributed by atoms with Crippen LogP contribution in [0.25, 0.3) is 0 Å². The molecule has 3 aliphatic rings. The van der Waals surface area contributed by atoms with Crippen LogP contribution in [0.15, 0.2) is 72.8 Å². The number of para-hydroxylation sites is 1. The summed E-state index contributed by atoms with van der Waals surface area (Å²) in [5, 5.41) is 19.0. The number of fused-ring (bicyclic) bond motifs is 3. The van der Waals surface area contributed by atoms with E-state index in [9.17, 15) is 14.7 Å². The number of amides is 3. The molecule has 0 aromatic heterocycles. The van der Waals surface area contributed by atoms with Gasteiger partial charge in [0.2, 0.25) is 5.91 Å². The number of carbonyl (C=O) groups excluding carboxylic acids is 2. The Hall–Kier alpha value is -4.08. The van der Waals surface area contributed by atoms with Crippen LogP contribution in [-0.4, -0.2) is 48.0 Å². The van der Waals surface area contributed by atoms with Crippen LogP contribution in [-0.2, 0) is 16.1 Å². The van der Waals surface area contributed by atoms with Crippen LogP contribution in [0.1, 0.15) is 55.6 Å². The van der Waals surface area contributed by atoms with Gasteiger partial charge in [0.1, 0.15) is 29.5 Å². The highest BCUT2D eigenvalue weighted by Crippen LogP contribution is 2.47. The molecule has 2 fully saturated rings. The number of rotatable bonds is 9. The van der Waals surface area contributed by atoms with Gasteiger partial charge in [0, 0.05) is 29.8 Å². The highest BCUT2D eigenvalue weighted by atomic mass is 16.6. The van der Waals surface area contributed by atoms with Crippen molar-refractivity contribution >= 4 is 17.6 Å². The third kappa shape index (κ3) is 6.69. The summed E-state index contributed by atoms with van der Waals surface area (Å²) < 4.78 is 18.1. The molecule has 2 aliphatic heterocycles. The molecule has 0 radical (unpaired) electrons. The van der Waals surface area contributed by atoms with Crippen molar-refractivity contribution in [1.29, 1.82) is 0 Å². The van der Waals surface area contributed by atoms with Crippen LogP contribution >= 0.6 is 0 Å². The Morgan fingerprint density at radius 2 is 1.71 bits per heavy atom. The zero-order chi connectivity index (χ0) is 28.9. The van der Waals surface area contributed by atoms with Gasteiger partial charge in [-0.3, -0.25) is 4.79 Å². The van der Waals surface area contributed by atoms with Crippen molar-refractivity contribution in [3.05, 3.63) is 83.9 Å². The van der Waals surface area contributed by atoms with Crippen LogP contribution in [0, 0.1) is 0 Å². The van der Waals surface area contributed by atoms with Gasteiger partial charge in [-0.2, -0.15) is 0 Å². The zero-order valence-electron chi connectivity index (χ0n) is 23.5. The smallest absolute Gasteiger partial charge is 0.319 e. The first-order chi connectivity index (χ1) is 20.5. The molecule has 0 bridgehead atoms. The molecule has 42 heavy (non-hydrogen) atoms. The van der Waals surface area contributed by atoms with Gasteiger partial charge in [0.15, 0.2) is 0 Å². The van der Waals surface area contributed by atoms with E-state index in [0.29, 0.717) is 18.7 Å². The summed E-state index contributed by atoms with van der Waals surface area (Å²) in [5.74, 6) is 2.03. The van der Waals surface area contributed by atoms with E-state index in [2.05, 4.69) is 16.0 Å². The second kappa shape index (κ2) is 12.8. The summed E-state index contributed by atoms with van der Waals surface area (Å²) >= 11 is 0. The van der Waals surface area contributed by atoms with Crippen molar-refractivity contribution in [3.63, 3.8) is 0 Å². The molecule has 1 saturated carbocycles. The monoisotopic (exact) mass is 571 g/mol. The van der Waals surface area contributed by atoms with E-state index in [-0.39, 0.29) is 49.1 Å². The SMILES string of the molecule is O=C(C[C@@H]1C[C@H]2c3cc(NC(=O)NC4CCCC4)ccc3O[C@H]2[C@@H](CO)O1)NCc1ccc(Oc2ccccc2)cc1. The lowest BCUT2D eigenvalue weighted by molar-refractivity contribution is -0.142. The second-order valence-electron chi connectivity index (χ2n) is 11.3. The Labute approximate surface area is 245 Å². The van der Waals surface area contributed by atoms with E-state index in [1.165, 1.54) is 0 Å². The summed E-state index contributed by atoms with van der Waals surface area (Å²) in [5.41, 5.74) is 2.61. The molecule has 9 nitrogen and oxygen atoms in total. The highest BCUT2D eigenvalue weighted by molar-refractivity contribution is 5.89. The minimum atomic E-state index is -0.548. The number of nitrogens with one attached hydrogen (secondary N) is 3. The number of aliphatic hydroxyl groups is 1. The number of benzene rings is 3. The van der Waals surface area contributed by atoms with Gasteiger partial charge >= 0.3 is 6.03 Å². The van der Waals surface area contributed by atoms with Crippen molar-refractivity contribution in [3.8, 4) is 17.2 Å². The lowest BCUT2D eigenvalue weighted by atomic mass is 9.84. The molecular formula is C33H37N3O6. The third-order valence-electron chi connectivity index (χ3n) is 8.25. The Balaban J connectivity index is 1.03. The summed E-state index contributed by atoms with van der Waals surface area (Å²) in [6.45, 7) is 0.177. The summed E-state index contributed by atoms with van der Waals surface area (Å²) in [6.07, 6.45) is 3.81. The summed E-state index contributed by atoms with van der Waals surface area (Å²) in [7, 11) is 0. The normalized spacial score (nSPS) is 22.9. The van der Waals surface area contributed by atoms with E-state index in [1.54, 1.807) is 0 Å². The fraction of sp³-hybridized carbons (Fsp3) is 0.394. The van der Waals surface area contributed by atoms with Gasteiger partial charge in [-0.05, 0) is 67.3 Å². The number of hydrogen-bond donors (Lipinski definition) is 4. The Morgan fingerprint density at radius 1 is 0.952 bits per heavy atom. The van der Waals surface area contributed by atoms with Crippen LogP contribution in [0.2, 0.25) is 0 Å². The van der Waals surface area contributed by atoms with Gasteiger partial charge in [0.25, 0.3) is 0 Å². The number of aliphatic hydroxyl groups excluding tert-OH is 1. The maximum absolute atomic E-state index is 12.9. The molecule has 3 amide bonds. The van der Waals surface area contributed by atoms with Crippen molar-refractivity contribution in [2.24, 2.45) is 0 Å². The fourth-order valence-corrected chi connectivity index (χ4v) is 6.17. The second-order valence-corrected chi connectivity index (χ2v) is 11.3. The van der Waals surface area contributed by atoms with E-state index >= 15 is 0 Å². The van der Waals surface area contributed by atoms with Gasteiger partial charge in [-0.25, -0.2) is 4.79 Å². The molecule has 1 aliphatic carbocycles. The van der Waals surface area contributed by atoms with Crippen molar-refractivity contribution < 1.29 is 28.9 Å². The molecule has 2 heterocycles. The number of carbonyl (C=O) groups is 2. The minimum Gasteiger partial charge on any atom is -0.487 e. The van der Waals surface area contributed by atoms with Crippen molar-refractivity contribution in [2.45, 2.75) is 75.3 Å². The van der Waals surface area contributed by atoms with E-state index < -0.39 is 6.10 Å². The molecule has 3 aromatic rings. The Morgan fingerprint density at radius 3 is 2.48 bits per heavy atom. The Bertz CT molecular complexity index is 1380. The molecule has 220 valence electrons. The molecule has 0 unspecified atom stereocenters. The van der Waals surface area contributed by atoms with E-state index in [0.717, 1.165) is 54.1 Å². The summed E-state index contributed by atoms with van der Waals surface area (Å²) in [4.78, 5) is 25.4. The van der Waals surface area contributed by atoms with E-state index in [4.69, 9.17) is 14.2 Å². The molecule has 0 spiro atoms. The molecule has 4 N–H and O–H groups in total. The van der Waals surface area contributed by atoms with Gasteiger partial charge in [-0.15, -0.1) is 0 Å². The lowest BCUT2D eigenvalue weighted by Crippen LogP contribution is -2.47. The first-order valence-electron chi connectivity index (χ1n) is 14.8. The molecule has 9 heteroatoms. The number of ether oxygens (including phenoxy) is 3. The summed E-state index contributed by atoms with van der Waals surface area (Å²) in [6, 6.07) is 22.8. The zero-order valence-corrected chi connectivity index (χ0v) is 23.5. The maximum atomic E-state index is 12.9. The van der Waals surface area contributed by atoms with Crippen LogP contribution < -0.4 is 25.4 Å². The number of hydrogen-bond acceptors (Lipinski definition) is 6. The average Bonchev–Trinajstić information content (AvgIpc) is 3.64. The molecular weight excluding hydrogens is 534 g/mol. The van der Waals surface area contributed by atoms with Crippen LogP contribution in [0.4, 0.5) is 10.5 Å². The highest BCUT2D eigenvalue weighted by Gasteiger charge is 2.46. The van der Waals surface area contributed by atoms with Gasteiger partial charge < -0.3 is 35.3 Å². The lowest BCUT2D eigenvalue weighted by Gasteiger charge is -2.37. The molecule has 6 rings (SSSR count). The Kier molecular flexibility index (Phi) is 8.58. The molecule has 3 aromatic carbocycles. The third-order valence-corrected chi connectivity index (χ3v) is 8.25. The van der Waals surface area contributed by atoms with Crippen LogP contribution in [0.5, 0.6) is 17.2 Å². The van der Waals surface area contributed by atoms with Crippen LogP contribution in [0.3, 0.4) is 0 Å². The first kappa shape index (κ1) is 28.1.